The van der Waals surface area contributed by atoms with Crippen molar-refractivity contribution < 1.29 is 23.5 Å². The SMILES string of the molecule is O=C(O)c1ccccc1C(=O)Nc1c(F)cc(-c2ccc3[nH]ccc3c2)cc1F. The summed E-state index contributed by atoms with van der Waals surface area (Å²) in [6.07, 6.45) is 1.77. The van der Waals surface area contributed by atoms with Crippen molar-refractivity contribution >= 4 is 28.5 Å². The zero-order valence-corrected chi connectivity index (χ0v) is 14.9. The Bertz CT molecular complexity index is 1240. The smallest absolute Gasteiger partial charge is 0.336 e. The van der Waals surface area contributed by atoms with Gasteiger partial charge in [-0.2, -0.15) is 0 Å². The number of anilines is 1. The molecule has 0 fully saturated rings. The predicted molar refractivity (Wildman–Crippen MR) is 105 cm³/mol. The van der Waals surface area contributed by atoms with E-state index in [1.807, 2.05) is 6.07 Å². The molecule has 0 aliphatic rings. The van der Waals surface area contributed by atoms with Gasteiger partial charge in [-0.25, -0.2) is 13.6 Å². The molecule has 3 aromatic carbocycles. The van der Waals surface area contributed by atoms with E-state index in [-0.39, 0.29) is 11.1 Å². The third kappa shape index (κ3) is 3.45. The number of aromatic nitrogens is 1. The highest BCUT2D eigenvalue weighted by Crippen LogP contribution is 2.30. The van der Waals surface area contributed by atoms with Crippen LogP contribution in [0.1, 0.15) is 20.7 Å². The summed E-state index contributed by atoms with van der Waals surface area (Å²) in [7, 11) is 0. The van der Waals surface area contributed by atoms with Gasteiger partial charge in [0.2, 0.25) is 0 Å². The number of amides is 1. The van der Waals surface area contributed by atoms with Crippen LogP contribution in [0.5, 0.6) is 0 Å². The Morgan fingerprint density at radius 3 is 2.24 bits per heavy atom. The molecule has 0 atom stereocenters. The summed E-state index contributed by atoms with van der Waals surface area (Å²) in [5.74, 6) is -4.15. The highest BCUT2D eigenvalue weighted by Gasteiger charge is 2.20. The molecule has 144 valence electrons. The van der Waals surface area contributed by atoms with Crippen LogP contribution in [0, 0.1) is 11.6 Å². The average molecular weight is 392 g/mol. The van der Waals surface area contributed by atoms with Gasteiger partial charge in [0.15, 0.2) is 0 Å². The zero-order chi connectivity index (χ0) is 20.5. The molecule has 7 heteroatoms. The molecule has 29 heavy (non-hydrogen) atoms. The van der Waals surface area contributed by atoms with Crippen molar-refractivity contribution in [2.24, 2.45) is 0 Å². The van der Waals surface area contributed by atoms with E-state index in [0.717, 1.165) is 23.0 Å². The molecule has 0 saturated carbocycles. The fourth-order valence-corrected chi connectivity index (χ4v) is 3.14. The molecule has 0 bridgehead atoms. The number of fused-ring (bicyclic) bond motifs is 1. The van der Waals surface area contributed by atoms with Crippen LogP contribution in [-0.2, 0) is 0 Å². The number of aromatic carboxylic acids is 1. The number of carbonyl (C=O) groups is 2. The number of halogens is 2. The molecule has 0 spiro atoms. The molecule has 1 aromatic heterocycles. The Balaban J connectivity index is 1.67. The molecule has 1 heterocycles. The van der Waals surface area contributed by atoms with Gasteiger partial charge >= 0.3 is 5.97 Å². The van der Waals surface area contributed by atoms with Crippen LogP contribution in [0.2, 0.25) is 0 Å². The first-order valence-electron chi connectivity index (χ1n) is 8.64. The molecule has 1 amide bonds. The second-order valence-electron chi connectivity index (χ2n) is 6.40. The second kappa shape index (κ2) is 7.20. The summed E-state index contributed by atoms with van der Waals surface area (Å²) >= 11 is 0. The Morgan fingerprint density at radius 2 is 1.55 bits per heavy atom. The number of rotatable bonds is 4. The highest BCUT2D eigenvalue weighted by atomic mass is 19.1. The molecule has 0 saturated heterocycles. The van der Waals surface area contributed by atoms with Crippen LogP contribution in [0.15, 0.2) is 66.9 Å². The van der Waals surface area contributed by atoms with E-state index < -0.39 is 29.2 Å². The van der Waals surface area contributed by atoms with Gasteiger partial charge in [-0.15, -0.1) is 0 Å². The van der Waals surface area contributed by atoms with Gasteiger partial charge in [0.05, 0.1) is 11.1 Å². The van der Waals surface area contributed by atoms with Crippen molar-refractivity contribution in [2.75, 3.05) is 5.32 Å². The first-order valence-corrected chi connectivity index (χ1v) is 8.64. The summed E-state index contributed by atoms with van der Waals surface area (Å²) < 4.78 is 29.2. The lowest BCUT2D eigenvalue weighted by Gasteiger charge is -2.11. The molecular weight excluding hydrogens is 378 g/mol. The van der Waals surface area contributed by atoms with Crippen molar-refractivity contribution in [2.45, 2.75) is 0 Å². The first kappa shape index (κ1) is 18.4. The minimum absolute atomic E-state index is 0.194. The monoisotopic (exact) mass is 392 g/mol. The molecule has 0 aliphatic heterocycles. The Hall–Kier alpha value is -4.00. The third-order valence-corrected chi connectivity index (χ3v) is 4.57. The minimum Gasteiger partial charge on any atom is -0.478 e. The lowest BCUT2D eigenvalue weighted by molar-refractivity contribution is 0.0692. The number of carboxylic acids is 1. The number of carbonyl (C=O) groups excluding carboxylic acids is 1. The third-order valence-electron chi connectivity index (χ3n) is 4.57. The van der Waals surface area contributed by atoms with Crippen LogP contribution in [0.4, 0.5) is 14.5 Å². The lowest BCUT2D eigenvalue weighted by atomic mass is 10.0. The number of aromatic amines is 1. The summed E-state index contributed by atoms with van der Waals surface area (Å²) in [5.41, 5.74) is 0.733. The van der Waals surface area contributed by atoms with Crippen molar-refractivity contribution in [3.8, 4) is 11.1 Å². The van der Waals surface area contributed by atoms with Crippen molar-refractivity contribution in [3.05, 3.63) is 89.6 Å². The standard InChI is InChI=1S/C22H14F2N2O3/c23-17-10-14(12-5-6-19-13(9-12)7-8-25-19)11-18(24)20(17)26-21(27)15-3-1-2-4-16(15)22(28)29/h1-11,25H,(H,26,27)(H,28,29). The fraction of sp³-hybridized carbons (Fsp3) is 0. The van der Waals surface area contributed by atoms with Crippen LogP contribution in [-0.4, -0.2) is 22.0 Å². The maximum Gasteiger partial charge on any atom is 0.336 e. The van der Waals surface area contributed by atoms with Crippen molar-refractivity contribution in [3.63, 3.8) is 0 Å². The topological polar surface area (TPSA) is 82.2 Å². The Kier molecular flexibility index (Phi) is 4.56. The molecular formula is C22H14F2N2O3. The van der Waals surface area contributed by atoms with Gasteiger partial charge in [-0.1, -0.05) is 18.2 Å². The van der Waals surface area contributed by atoms with E-state index in [4.69, 9.17) is 0 Å². The maximum absolute atomic E-state index is 14.6. The van der Waals surface area contributed by atoms with Gasteiger partial charge in [-0.05, 0) is 59.0 Å². The summed E-state index contributed by atoms with van der Waals surface area (Å²) in [5, 5.41) is 12.2. The number of nitrogens with one attached hydrogen (secondary N) is 2. The Labute approximate surface area is 163 Å². The van der Waals surface area contributed by atoms with Gasteiger partial charge in [0.1, 0.15) is 17.3 Å². The number of carboxylic acid groups (broad SMARTS) is 1. The summed E-state index contributed by atoms with van der Waals surface area (Å²) in [6, 6.07) is 14.9. The molecule has 0 aliphatic carbocycles. The average Bonchev–Trinajstić information content (AvgIpc) is 3.18. The van der Waals surface area contributed by atoms with Crippen LogP contribution < -0.4 is 5.32 Å². The second-order valence-corrected chi connectivity index (χ2v) is 6.40. The molecule has 5 nitrogen and oxygen atoms in total. The lowest BCUT2D eigenvalue weighted by Crippen LogP contribution is -2.18. The van der Waals surface area contributed by atoms with Crippen molar-refractivity contribution in [1.82, 2.24) is 4.98 Å². The van der Waals surface area contributed by atoms with Crippen LogP contribution in [0.25, 0.3) is 22.0 Å². The highest BCUT2D eigenvalue weighted by molar-refractivity contribution is 6.10. The number of hydrogen-bond donors (Lipinski definition) is 3. The van der Waals surface area contributed by atoms with Crippen LogP contribution in [0.3, 0.4) is 0 Å². The van der Waals surface area contributed by atoms with Gasteiger partial charge < -0.3 is 15.4 Å². The quantitative estimate of drug-likeness (QED) is 0.454. The number of benzene rings is 3. The molecule has 3 N–H and O–H groups in total. The van der Waals surface area contributed by atoms with Gasteiger partial charge in [0, 0.05) is 11.7 Å². The summed E-state index contributed by atoms with van der Waals surface area (Å²) in [6.45, 7) is 0. The molecule has 4 rings (SSSR count). The van der Waals surface area contributed by atoms with Crippen molar-refractivity contribution in [1.29, 1.82) is 0 Å². The predicted octanol–water partition coefficient (Wildman–Crippen LogP) is 5.06. The van der Waals surface area contributed by atoms with Gasteiger partial charge in [-0.3, -0.25) is 4.79 Å². The largest absolute Gasteiger partial charge is 0.478 e. The number of hydrogen-bond acceptors (Lipinski definition) is 2. The molecule has 4 aromatic rings. The summed E-state index contributed by atoms with van der Waals surface area (Å²) in [4.78, 5) is 26.7. The van der Waals surface area contributed by atoms with E-state index in [2.05, 4.69) is 10.3 Å². The molecule has 0 radical (unpaired) electrons. The number of H-pyrrole nitrogens is 1. The maximum atomic E-state index is 14.6. The molecule has 0 unspecified atom stereocenters. The van der Waals surface area contributed by atoms with E-state index in [1.165, 1.54) is 24.3 Å². The van der Waals surface area contributed by atoms with Crippen LogP contribution >= 0.6 is 0 Å². The van der Waals surface area contributed by atoms with E-state index in [9.17, 15) is 23.5 Å². The fourth-order valence-electron chi connectivity index (χ4n) is 3.14. The Morgan fingerprint density at radius 1 is 0.862 bits per heavy atom. The van der Waals surface area contributed by atoms with E-state index >= 15 is 0 Å². The normalized spacial score (nSPS) is 10.8. The first-order chi connectivity index (χ1) is 13.9. The van der Waals surface area contributed by atoms with E-state index in [0.29, 0.717) is 11.1 Å². The van der Waals surface area contributed by atoms with Gasteiger partial charge in [0.25, 0.3) is 5.91 Å². The zero-order valence-electron chi connectivity index (χ0n) is 14.9. The van der Waals surface area contributed by atoms with E-state index in [1.54, 1.807) is 24.4 Å². The minimum atomic E-state index is -1.31.